The van der Waals surface area contributed by atoms with E-state index in [1.807, 2.05) is 5.38 Å². The molecule has 2 rings (SSSR count). The fourth-order valence-electron chi connectivity index (χ4n) is 1.59. The van der Waals surface area contributed by atoms with Gasteiger partial charge in [-0.1, -0.05) is 31.2 Å². The standard InChI is InChI=1S/C13H16N2OS/c1-2-9-3-5-10(6-4-9)11-8-17-13(15-11)12(16)7-14/h3-6,8,12,16H,2,7,14H2,1H3. The number of benzene rings is 1. The van der Waals surface area contributed by atoms with Crippen LogP contribution >= 0.6 is 11.3 Å². The lowest BCUT2D eigenvalue weighted by Gasteiger charge is -2.02. The molecular weight excluding hydrogens is 232 g/mol. The quantitative estimate of drug-likeness (QED) is 0.873. The maximum absolute atomic E-state index is 9.59. The number of nitrogens with two attached hydrogens (primary N) is 1. The Bertz CT molecular complexity index is 478. The Morgan fingerprint density at radius 3 is 2.65 bits per heavy atom. The van der Waals surface area contributed by atoms with Gasteiger partial charge >= 0.3 is 0 Å². The van der Waals surface area contributed by atoms with Gasteiger partial charge in [-0.2, -0.15) is 0 Å². The summed E-state index contributed by atoms with van der Waals surface area (Å²) >= 11 is 1.45. The lowest BCUT2D eigenvalue weighted by molar-refractivity contribution is 0.186. The van der Waals surface area contributed by atoms with E-state index in [9.17, 15) is 5.11 Å². The van der Waals surface area contributed by atoms with Crippen molar-refractivity contribution < 1.29 is 5.11 Å². The van der Waals surface area contributed by atoms with Gasteiger partial charge in [-0.05, 0) is 12.0 Å². The first kappa shape index (κ1) is 12.2. The van der Waals surface area contributed by atoms with E-state index in [4.69, 9.17) is 5.73 Å². The van der Waals surface area contributed by atoms with Crippen molar-refractivity contribution in [3.05, 3.63) is 40.2 Å². The predicted molar refractivity (Wildman–Crippen MR) is 70.9 cm³/mol. The molecule has 0 radical (unpaired) electrons. The predicted octanol–water partition coefficient (Wildman–Crippen LogP) is 2.36. The highest BCUT2D eigenvalue weighted by Gasteiger charge is 2.11. The number of hydrogen-bond donors (Lipinski definition) is 2. The first-order valence-corrected chi connectivity index (χ1v) is 6.55. The molecule has 3 nitrogen and oxygen atoms in total. The van der Waals surface area contributed by atoms with E-state index in [2.05, 4.69) is 36.2 Å². The fraction of sp³-hybridized carbons (Fsp3) is 0.308. The average Bonchev–Trinajstić information content (AvgIpc) is 2.87. The molecule has 1 aromatic carbocycles. The van der Waals surface area contributed by atoms with E-state index < -0.39 is 6.10 Å². The Kier molecular flexibility index (Phi) is 3.89. The van der Waals surface area contributed by atoms with E-state index in [-0.39, 0.29) is 6.54 Å². The molecule has 1 heterocycles. The first-order valence-electron chi connectivity index (χ1n) is 5.67. The second kappa shape index (κ2) is 5.40. The van der Waals surface area contributed by atoms with Crippen molar-refractivity contribution in [3.8, 4) is 11.3 Å². The lowest BCUT2D eigenvalue weighted by atomic mass is 10.1. The smallest absolute Gasteiger partial charge is 0.123 e. The van der Waals surface area contributed by atoms with E-state index in [0.29, 0.717) is 5.01 Å². The van der Waals surface area contributed by atoms with Crippen molar-refractivity contribution >= 4 is 11.3 Å². The number of aromatic nitrogens is 1. The summed E-state index contributed by atoms with van der Waals surface area (Å²) < 4.78 is 0. The van der Waals surface area contributed by atoms with Gasteiger partial charge in [-0.25, -0.2) is 4.98 Å². The van der Waals surface area contributed by atoms with Crippen LogP contribution in [0.1, 0.15) is 23.6 Å². The molecule has 0 saturated heterocycles. The molecule has 0 fully saturated rings. The third-order valence-electron chi connectivity index (χ3n) is 2.69. The van der Waals surface area contributed by atoms with Crippen LogP contribution in [0.15, 0.2) is 29.6 Å². The molecule has 0 bridgehead atoms. The molecule has 90 valence electrons. The summed E-state index contributed by atoms with van der Waals surface area (Å²) in [5.41, 5.74) is 8.70. The molecule has 0 aliphatic carbocycles. The highest BCUT2D eigenvalue weighted by Crippen LogP contribution is 2.25. The number of aliphatic hydroxyl groups excluding tert-OH is 1. The van der Waals surface area contributed by atoms with Gasteiger partial charge in [0.1, 0.15) is 11.1 Å². The fourth-order valence-corrected chi connectivity index (χ4v) is 2.41. The highest BCUT2D eigenvalue weighted by molar-refractivity contribution is 7.10. The van der Waals surface area contributed by atoms with Gasteiger partial charge in [0, 0.05) is 17.5 Å². The van der Waals surface area contributed by atoms with Crippen molar-refractivity contribution in [2.75, 3.05) is 6.54 Å². The summed E-state index contributed by atoms with van der Waals surface area (Å²) in [6, 6.07) is 8.33. The molecule has 2 aromatic rings. The van der Waals surface area contributed by atoms with Crippen molar-refractivity contribution in [1.82, 2.24) is 4.98 Å². The second-order valence-corrected chi connectivity index (χ2v) is 4.76. The minimum Gasteiger partial charge on any atom is -0.385 e. The maximum atomic E-state index is 9.59. The summed E-state index contributed by atoms with van der Waals surface area (Å²) in [7, 11) is 0. The Morgan fingerprint density at radius 2 is 2.06 bits per heavy atom. The molecule has 3 N–H and O–H groups in total. The van der Waals surface area contributed by atoms with Gasteiger partial charge in [0.25, 0.3) is 0 Å². The van der Waals surface area contributed by atoms with Crippen LogP contribution in [-0.4, -0.2) is 16.6 Å². The number of thiazole rings is 1. The zero-order valence-corrected chi connectivity index (χ0v) is 10.6. The molecule has 1 unspecified atom stereocenters. The Balaban J connectivity index is 2.24. The summed E-state index contributed by atoms with van der Waals surface area (Å²) in [6.45, 7) is 2.34. The van der Waals surface area contributed by atoms with E-state index >= 15 is 0 Å². The van der Waals surface area contributed by atoms with Gasteiger partial charge in [0.15, 0.2) is 0 Å². The van der Waals surface area contributed by atoms with Crippen LogP contribution in [0.3, 0.4) is 0 Å². The molecule has 0 spiro atoms. The maximum Gasteiger partial charge on any atom is 0.123 e. The SMILES string of the molecule is CCc1ccc(-c2csc(C(O)CN)n2)cc1. The van der Waals surface area contributed by atoms with Crippen LogP contribution in [0.5, 0.6) is 0 Å². The molecule has 0 aliphatic heterocycles. The Morgan fingerprint density at radius 1 is 1.35 bits per heavy atom. The number of aryl methyl sites for hydroxylation is 1. The summed E-state index contributed by atoms with van der Waals surface area (Å²) in [6.07, 6.45) is 0.387. The summed E-state index contributed by atoms with van der Waals surface area (Å²) in [5.74, 6) is 0. The molecule has 1 aromatic heterocycles. The van der Waals surface area contributed by atoms with Crippen molar-refractivity contribution in [3.63, 3.8) is 0 Å². The van der Waals surface area contributed by atoms with Crippen molar-refractivity contribution in [1.29, 1.82) is 0 Å². The van der Waals surface area contributed by atoms with Crippen molar-refractivity contribution in [2.45, 2.75) is 19.4 Å². The second-order valence-electron chi connectivity index (χ2n) is 3.87. The largest absolute Gasteiger partial charge is 0.385 e. The Hall–Kier alpha value is -1.23. The van der Waals surface area contributed by atoms with Crippen LogP contribution in [0.2, 0.25) is 0 Å². The summed E-state index contributed by atoms with van der Waals surface area (Å²) in [5, 5.41) is 12.2. The average molecular weight is 248 g/mol. The minimum absolute atomic E-state index is 0.210. The summed E-state index contributed by atoms with van der Waals surface area (Å²) in [4.78, 5) is 4.40. The molecule has 0 amide bonds. The molecule has 0 aliphatic rings. The van der Waals surface area contributed by atoms with E-state index in [1.165, 1.54) is 16.9 Å². The Labute approximate surface area is 105 Å². The number of nitrogens with zero attached hydrogens (tertiary/aromatic N) is 1. The monoisotopic (exact) mass is 248 g/mol. The van der Waals surface area contributed by atoms with Crippen LogP contribution in [0, 0.1) is 0 Å². The highest BCUT2D eigenvalue weighted by atomic mass is 32.1. The minimum atomic E-state index is -0.649. The third kappa shape index (κ3) is 2.72. The third-order valence-corrected chi connectivity index (χ3v) is 3.63. The molecule has 4 heteroatoms. The van der Waals surface area contributed by atoms with Gasteiger partial charge in [0.05, 0.1) is 5.69 Å². The van der Waals surface area contributed by atoms with Crippen LogP contribution in [-0.2, 0) is 6.42 Å². The molecule has 17 heavy (non-hydrogen) atoms. The zero-order chi connectivity index (χ0) is 12.3. The van der Waals surface area contributed by atoms with Gasteiger partial charge < -0.3 is 10.8 Å². The number of rotatable bonds is 4. The number of hydrogen-bond acceptors (Lipinski definition) is 4. The lowest BCUT2D eigenvalue weighted by Crippen LogP contribution is -2.11. The van der Waals surface area contributed by atoms with Gasteiger partial charge in [0.2, 0.25) is 0 Å². The number of aliphatic hydroxyl groups is 1. The van der Waals surface area contributed by atoms with Crippen LogP contribution < -0.4 is 5.73 Å². The normalized spacial score (nSPS) is 12.6. The molecule has 0 saturated carbocycles. The molecular formula is C13H16N2OS. The molecule has 1 atom stereocenters. The van der Waals surface area contributed by atoms with Crippen LogP contribution in [0.4, 0.5) is 0 Å². The van der Waals surface area contributed by atoms with E-state index in [1.54, 1.807) is 0 Å². The topological polar surface area (TPSA) is 59.1 Å². The first-order chi connectivity index (χ1) is 8.24. The van der Waals surface area contributed by atoms with Gasteiger partial charge in [-0.3, -0.25) is 0 Å². The van der Waals surface area contributed by atoms with Crippen molar-refractivity contribution in [2.24, 2.45) is 5.73 Å². The zero-order valence-electron chi connectivity index (χ0n) is 9.76. The van der Waals surface area contributed by atoms with Gasteiger partial charge in [-0.15, -0.1) is 11.3 Å². The van der Waals surface area contributed by atoms with E-state index in [0.717, 1.165) is 17.7 Å². The van der Waals surface area contributed by atoms with Crippen LogP contribution in [0.25, 0.3) is 11.3 Å².